The lowest BCUT2D eigenvalue weighted by Gasteiger charge is -2.16. The number of hydrogen-bond donors (Lipinski definition) is 1. The molecule has 1 N–H and O–H groups in total. The Labute approximate surface area is 170 Å². The quantitative estimate of drug-likeness (QED) is 0.363. The van der Waals surface area contributed by atoms with E-state index in [0.717, 1.165) is 5.56 Å². The van der Waals surface area contributed by atoms with Gasteiger partial charge in [0.25, 0.3) is 5.91 Å². The zero-order valence-corrected chi connectivity index (χ0v) is 17.5. The van der Waals surface area contributed by atoms with Gasteiger partial charge < -0.3 is 14.2 Å². The molecule has 150 valence electrons. The molecule has 0 aromatic heterocycles. The van der Waals surface area contributed by atoms with Crippen molar-refractivity contribution in [3.63, 3.8) is 0 Å². The van der Waals surface area contributed by atoms with Gasteiger partial charge in [0.1, 0.15) is 0 Å². The van der Waals surface area contributed by atoms with Crippen LogP contribution in [0.15, 0.2) is 46.4 Å². The second kappa shape index (κ2) is 11.2. The number of nitrogens with one attached hydrogen (secondary N) is 1. The molecule has 7 heteroatoms. The molecule has 0 aliphatic rings. The minimum atomic E-state index is -0.359. The molecule has 0 saturated heterocycles. The Morgan fingerprint density at radius 1 is 1.00 bits per heavy atom. The smallest absolute Gasteiger partial charge is 0.271 e. The minimum absolute atomic E-state index is 0.359. The minimum Gasteiger partial charge on any atom is -0.490 e. The molecule has 0 unspecified atom stereocenters. The third-order valence-electron chi connectivity index (χ3n) is 3.67. The van der Waals surface area contributed by atoms with Crippen molar-refractivity contribution in [2.75, 3.05) is 26.1 Å². The molecule has 0 radical (unpaired) electrons. The van der Waals surface area contributed by atoms with Crippen LogP contribution in [0, 0.1) is 0 Å². The summed E-state index contributed by atoms with van der Waals surface area (Å²) in [6, 6.07) is 11.2. The van der Waals surface area contributed by atoms with Gasteiger partial charge in [0.05, 0.1) is 26.0 Å². The first-order valence-electron chi connectivity index (χ1n) is 9.16. The van der Waals surface area contributed by atoms with Gasteiger partial charge in [-0.15, -0.1) is 11.8 Å². The summed E-state index contributed by atoms with van der Waals surface area (Å²) in [6.45, 7) is 6.98. The van der Waals surface area contributed by atoms with Crippen LogP contribution in [0.5, 0.6) is 17.2 Å². The summed E-state index contributed by atoms with van der Waals surface area (Å²) in [5.74, 6) is 1.08. The molecule has 0 heterocycles. The van der Waals surface area contributed by atoms with Gasteiger partial charge in [-0.3, -0.25) is 4.79 Å². The highest BCUT2D eigenvalue weighted by Gasteiger charge is 2.18. The van der Waals surface area contributed by atoms with Crippen LogP contribution in [0.1, 0.15) is 36.7 Å². The maximum Gasteiger partial charge on any atom is 0.271 e. The van der Waals surface area contributed by atoms with Crippen molar-refractivity contribution in [2.45, 2.75) is 25.7 Å². The number of ether oxygens (including phenoxy) is 3. The second-order valence-electron chi connectivity index (χ2n) is 5.57. The molecule has 0 atom stereocenters. The van der Waals surface area contributed by atoms with E-state index in [-0.39, 0.29) is 5.91 Å². The van der Waals surface area contributed by atoms with E-state index in [2.05, 4.69) is 10.5 Å². The lowest BCUT2D eigenvalue weighted by Crippen LogP contribution is -2.18. The molecule has 6 nitrogen and oxygen atoms in total. The Morgan fingerprint density at radius 3 is 2.07 bits per heavy atom. The van der Waals surface area contributed by atoms with Gasteiger partial charge in [0.15, 0.2) is 11.5 Å². The Kier molecular flexibility index (Phi) is 8.68. The summed E-state index contributed by atoms with van der Waals surface area (Å²) in [6.07, 6.45) is 3.62. The van der Waals surface area contributed by atoms with Crippen molar-refractivity contribution in [3.8, 4) is 17.2 Å². The van der Waals surface area contributed by atoms with E-state index >= 15 is 0 Å². The normalized spacial score (nSPS) is 10.7. The average molecular weight is 403 g/mol. The first-order chi connectivity index (χ1) is 13.6. The van der Waals surface area contributed by atoms with Crippen LogP contribution in [0.4, 0.5) is 0 Å². The van der Waals surface area contributed by atoms with E-state index in [9.17, 15) is 4.79 Å². The van der Waals surface area contributed by atoms with Crippen LogP contribution in [0.2, 0.25) is 0 Å². The summed E-state index contributed by atoms with van der Waals surface area (Å²) in [5.41, 5.74) is 3.82. The Bertz CT molecular complexity index is 780. The maximum atomic E-state index is 12.5. The summed E-state index contributed by atoms with van der Waals surface area (Å²) >= 11 is 1.67. The zero-order valence-electron chi connectivity index (χ0n) is 16.7. The van der Waals surface area contributed by atoms with E-state index in [0.29, 0.717) is 42.6 Å². The molecule has 0 aliphatic heterocycles. The van der Waals surface area contributed by atoms with Crippen LogP contribution >= 0.6 is 11.8 Å². The van der Waals surface area contributed by atoms with Crippen LogP contribution in [-0.4, -0.2) is 38.2 Å². The predicted octanol–water partition coefficient (Wildman–Crippen LogP) is 4.37. The number of amides is 1. The van der Waals surface area contributed by atoms with Crippen molar-refractivity contribution in [1.82, 2.24) is 5.43 Å². The molecule has 0 bridgehead atoms. The van der Waals surface area contributed by atoms with Crippen molar-refractivity contribution >= 4 is 23.9 Å². The SMILES string of the molecule is CCOc1cc(C(=O)N/N=C\c2ccc(SC)cc2)cc(OCC)c1OCC. The summed E-state index contributed by atoms with van der Waals surface area (Å²) < 4.78 is 16.9. The molecule has 0 saturated carbocycles. The topological polar surface area (TPSA) is 69.2 Å². The lowest BCUT2D eigenvalue weighted by atomic mass is 10.1. The van der Waals surface area contributed by atoms with E-state index in [1.165, 1.54) is 4.90 Å². The van der Waals surface area contributed by atoms with Gasteiger partial charge in [-0.1, -0.05) is 12.1 Å². The van der Waals surface area contributed by atoms with Gasteiger partial charge in [-0.05, 0) is 56.9 Å². The van der Waals surface area contributed by atoms with Crippen LogP contribution in [0.25, 0.3) is 0 Å². The van der Waals surface area contributed by atoms with Crippen molar-refractivity contribution in [3.05, 3.63) is 47.5 Å². The Hall–Kier alpha value is -2.67. The van der Waals surface area contributed by atoms with Crippen LogP contribution < -0.4 is 19.6 Å². The fourth-order valence-electron chi connectivity index (χ4n) is 2.44. The Morgan fingerprint density at radius 2 is 1.57 bits per heavy atom. The number of carbonyl (C=O) groups excluding carboxylic acids is 1. The molecule has 0 aliphatic carbocycles. The molecule has 28 heavy (non-hydrogen) atoms. The molecule has 2 aromatic carbocycles. The van der Waals surface area contributed by atoms with Gasteiger partial charge in [-0.25, -0.2) is 5.43 Å². The van der Waals surface area contributed by atoms with Crippen molar-refractivity contribution in [2.24, 2.45) is 5.10 Å². The standard InChI is InChI=1S/C21H26N2O4S/c1-5-25-18-12-16(13-19(26-6-2)20(18)27-7-3)21(24)23-22-14-15-8-10-17(28-4)11-9-15/h8-14H,5-7H2,1-4H3,(H,23,24)/b22-14-. The number of carbonyl (C=O) groups is 1. The molecule has 0 spiro atoms. The third-order valence-corrected chi connectivity index (χ3v) is 4.41. The summed E-state index contributed by atoms with van der Waals surface area (Å²) in [5, 5.41) is 4.04. The maximum absolute atomic E-state index is 12.5. The highest BCUT2D eigenvalue weighted by Crippen LogP contribution is 2.39. The summed E-state index contributed by atoms with van der Waals surface area (Å²) in [7, 11) is 0. The first-order valence-corrected chi connectivity index (χ1v) is 10.4. The van der Waals surface area contributed by atoms with E-state index in [1.807, 2.05) is 51.3 Å². The molecule has 2 aromatic rings. The number of thioether (sulfide) groups is 1. The number of hydrazone groups is 1. The number of hydrogen-bond acceptors (Lipinski definition) is 6. The largest absolute Gasteiger partial charge is 0.490 e. The highest BCUT2D eigenvalue weighted by molar-refractivity contribution is 7.98. The van der Waals surface area contributed by atoms with Crippen molar-refractivity contribution < 1.29 is 19.0 Å². The van der Waals surface area contributed by atoms with Crippen molar-refractivity contribution in [1.29, 1.82) is 0 Å². The zero-order chi connectivity index (χ0) is 20.4. The summed E-state index contributed by atoms with van der Waals surface area (Å²) in [4.78, 5) is 13.7. The van der Waals surface area contributed by atoms with E-state index in [1.54, 1.807) is 30.1 Å². The van der Waals surface area contributed by atoms with Gasteiger partial charge in [0, 0.05) is 10.5 Å². The highest BCUT2D eigenvalue weighted by atomic mass is 32.2. The molecule has 0 fully saturated rings. The number of rotatable bonds is 10. The van der Waals surface area contributed by atoms with Gasteiger partial charge in [-0.2, -0.15) is 5.10 Å². The number of benzene rings is 2. The average Bonchev–Trinajstić information content (AvgIpc) is 2.71. The fraction of sp³-hybridized carbons (Fsp3) is 0.333. The first kappa shape index (κ1) is 21.6. The van der Waals surface area contributed by atoms with Crippen LogP contribution in [-0.2, 0) is 0 Å². The number of nitrogens with zero attached hydrogens (tertiary/aromatic N) is 1. The fourth-order valence-corrected chi connectivity index (χ4v) is 2.85. The van der Waals surface area contributed by atoms with Gasteiger partial charge >= 0.3 is 0 Å². The predicted molar refractivity (Wildman–Crippen MR) is 113 cm³/mol. The van der Waals surface area contributed by atoms with E-state index < -0.39 is 0 Å². The molecule has 2 rings (SSSR count). The molecule has 1 amide bonds. The third kappa shape index (κ3) is 5.92. The monoisotopic (exact) mass is 402 g/mol. The molecular weight excluding hydrogens is 376 g/mol. The van der Waals surface area contributed by atoms with E-state index in [4.69, 9.17) is 14.2 Å². The van der Waals surface area contributed by atoms with Crippen LogP contribution in [0.3, 0.4) is 0 Å². The molecular formula is C21H26N2O4S. The van der Waals surface area contributed by atoms with Gasteiger partial charge in [0.2, 0.25) is 5.75 Å². The lowest BCUT2D eigenvalue weighted by molar-refractivity contribution is 0.0954. The second-order valence-corrected chi connectivity index (χ2v) is 6.45. The Balaban J connectivity index is 2.19.